The maximum Gasteiger partial charge on any atom is 0.270 e. The number of rotatable bonds is 5. The standard InChI is InChI=1S/C25H22IN3O3S/c1-4-32-21-7-5-6-20(14-21)29-24(31)22(23(30)27-25(29)33)13-17-12-15(2)28(16(17)3)19-10-8-18(26)9-11-19/h5-14H,4H2,1-3H3,(H,27,30,33)/b22-13-. The summed E-state index contributed by atoms with van der Waals surface area (Å²) in [6, 6.07) is 17.2. The molecule has 1 aliphatic rings. The predicted molar refractivity (Wildman–Crippen MR) is 142 cm³/mol. The molecule has 0 unspecified atom stereocenters. The van der Waals surface area contributed by atoms with E-state index in [1.54, 1.807) is 30.3 Å². The monoisotopic (exact) mass is 571 g/mol. The van der Waals surface area contributed by atoms with Gasteiger partial charge in [0, 0.05) is 26.7 Å². The normalized spacial score (nSPS) is 15.2. The second kappa shape index (κ2) is 9.48. The molecule has 1 aliphatic heterocycles. The Hall–Kier alpha value is -2.98. The summed E-state index contributed by atoms with van der Waals surface area (Å²) >= 11 is 7.58. The number of nitrogens with one attached hydrogen (secondary N) is 1. The molecule has 0 spiro atoms. The van der Waals surface area contributed by atoms with E-state index in [1.165, 1.54) is 4.90 Å². The average molecular weight is 571 g/mol. The van der Waals surface area contributed by atoms with Crippen LogP contribution < -0.4 is 15.0 Å². The first-order valence-electron chi connectivity index (χ1n) is 10.4. The molecule has 2 heterocycles. The maximum absolute atomic E-state index is 13.4. The number of nitrogens with zero attached hydrogens (tertiary/aromatic N) is 2. The van der Waals surface area contributed by atoms with Gasteiger partial charge in [-0.2, -0.15) is 0 Å². The third-order valence-corrected chi connectivity index (χ3v) is 6.35. The van der Waals surface area contributed by atoms with Gasteiger partial charge in [-0.05, 0) is 110 Å². The van der Waals surface area contributed by atoms with Gasteiger partial charge >= 0.3 is 0 Å². The molecule has 2 aromatic carbocycles. The number of ether oxygens (including phenoxy) is 1. The summed E-state index contributed by atoms with van der Waals surface area (Å²) in [6.07, 6.45) is 1.63. The van der Waals surface area contributed by atoms with Gasteiger partial charge in [-0.1, -0.05) is 6.07 Å². The first-order valence-corrected chi connectivity index (χ1v) is 11.9. The summed E-state index contributed by atoms with van der Waals surface area (Å²) in [6.45, 7) is 6.35. The van der Waals surface area contributed by atoms with Crippen LogP contribution in [-0.2, 0) is 9.59 Å². The third-order valence-electron chi connectivity index (χ3n) is 5.34. The van der Waals surface area contributed by atoms with Crippen molar-refractivity contribution in [2.45, 2.75) is 20.8 Å². The highest BCUT2D eigenvalue weighted by Crippen LogP contribution is 2.28. The molecule has 0 saturated carbocycles. The van der Waals surface area contributed by atoms with Crippen LogP contribution in [0.15, 0.2) is 60.2 Å². The minimum Gasteiger partial charge on any atom is -0.494 e. The zero-order valence-corrected chi connectivity index (χ0v) is 21.4. The van der Waals surface area contributed by atoms with E-state index in [0.29, 0.717) is 18.0 Å². The molecule has 3 aromatic rings. The van der Waals surface area contributed by atoms with Crippen molar-refractivity contribution in [3.63, 3.8) is 0 Å². The number of hydrogen-bond acceptors (Lipinski definition) is 4. The lowest BCUT2D eigenvalue weighted by Gasteiger charge is -2.29. The van der Waals surface area contributed by atoms with Gasteiger partial charge in [-0.3, -0.25) is 19.8 Å². The largest absolute Gasteiger partial charge is 0.494 e. The molecule has 0 aliphatic carbocycles. The maximum atomic E-state index is 13.4. The third kappa shape index (κ3) is 4.58. The molecule has 4 rings (SSSR count). The van der Waals surface area contributed by atoms with Crippen LogP contribution in [0.1, 0.15) is 23.9 Å². The van der Waals surface area contributed by atoms with Crippen LogP contribution in [-0.4, -0.2) is 28.1 Å². The molecule has 2 amide bonds. The molecule has 0 radical (unpaired) electrons. The highest BCUT2D eigenvalue weighted by molar-refractivity contribution is 14.1. The Balaban J connectivity index is 1.73. The molecule has 0 atom stereocenters. The van der Waals surface area contributed by atoms with E-state index in [0.717, 1.165) is 26.2 Å². The van der Waals surface area contributed by atoms with Crippen LogP contribution in [0.5, 0.6) is 5.75 Å². The van der Waals surface area contributed by atoms with E-state index in [-0.39, 0.29) is 10.7 Å². The Bertz CT molecular complexity index is 1290. The Kier molecular flexibility index (Phi) is 6.66. The molecule has 33 heavy (non-hydrogen) atoms. The van der Waals surface area contributed by atoms with E-state index >= 15 is 0 Å². The van der Waals surface area contributed by atoms with Crippen LogP contribution in [0.2, 0.25) is 0 Å². The van der Waals surface area contributed by atoms with Crippen LogP contribution in [0.25, 0.3) is 11.8 Å². The summed E-state index contributed by atoms with van der Waals surface area (Å²) in [5.74, 6) is -0.369. The molecule has 1 aromatic heterocycles. The van der Waals surface area contributed by atoms with Gasteiger partial charge in [0.15, 0.2) is 5.11 Å². The molecule has 0 bridgehead atoms. The van der Waals surface area contributed by atoms with Crippen molar-refractivity contribution in [3.8, 4) is 11.4 Å². The minimum atomic E-state index is -0.513. The number of benzene rings is 2. The van der Waals surface area contributed by atoms with E-state index in [9.17, 15) is 9.59 Å². The van der Waals surface area contributed by atoms with Gasteiger partial charge in [-0.25, -0.2) is 0 Å². The fourth-order valence-corrected chi connectivity index (χ4v) is 4.49. The number of amides is 2. The Morgan fingerprint density at radius 3 is 2.48 bits per heavy atom. The second-order valence-electron chi connectivity index (χ2n) is 7.53. The topological polar surface area (TPSA) is 63.6 Å². The van der Waals surface area contributed by atoms with Gasteiger partial charge in [0.05, 0.1) is 12.3 Å². The number of carbonyl (C=O) groups excluding carboxylic acids is 2. The van der Waals surface area contributed by atoms with Gasteiger partial charge in [0.1, 0.15) is 11.3 Å². The average Bonchev–Trinajstić information content (AvgIpc) is 3.05. The highest BCUT2D eigenvalue weighted by Gasteiger charge is 2.35. The lowest BCUT2D eigenvalue weighted by Crippen LogP contribution is -2.54. The summed E-state index contributed by atoms with van der Waals surface area (Å²) in [5, 5.41) is 2.68. The number of hydrogen-bond donors (Lipinski definition) is 1. The van der Waals surface area contributed by atoms with Crippen molar-refractivity contribution in [2.75, 3.05) is 11.5 Å². The number of aryl methyl sites for hydroxylation is 1. The fourth-order valence-electron chi connectivity index (χ4n) is 3.85. The smallest absolute Gasteiger partial charge is 0.270 e. The van der Waals surface area contributed by atoms with Crippen LogP contribution in [0, 0.1) is 17.4 Å². The zero-order valence-electron chi connectivity index (χ0n) is 18.4. The predicted octanol–water partition coefficient (Wildman–Crippen LogP) is 4.93. The van der Waals surface area contributed by atoms with E-state index < -0.39 is 11.8 Å². The number of thiocarbonyl (C=S) groups is 1. The Labute approximate surface area is 211 Å². The lowest BCUT2D eigenvalue weighted by atomic mass is 10.1. The fraction of sp³-hybridized carbons (Fsp3) is 0.160. The van der Waals surface area contributed by atoms with Gasteiger partial charge in [-0.15, -0.1) is 0 Å². The first-order chi connectivity index (χ1) is 15.8. The number of carbonyl (C=O) groups is 2. The van der Waals surface area contributed by atoms with Gasteiger partial charge in [0.2, 0.25) is 0 Å². The quantitative estimate of drug-likeness (QED) is 0.204. The van der Waals surface area contributed by atoms with Crippen molar-refractivity contribution in [2.24, 2.45) is 0 Å². The van der Waals surface area contributed by atoms with Crippen molar-refractivity contribution in [1.82, 2.24) is 9.88 Å². The van der Waals surface area contributed by atoms with Crippen molar-refractivity contribution in [3.05, 3.63) is 80.7 Å². The molecular weight excluding hydrogens is 549 g/mol. The Morgan fingerprint density at radius 2 is 1.79 bits per heavy atom. The summed E-state index contributed by atoms with van der Waals surface area (Å²) in [5.41, 5.74) is 4.30. The van der Waals surface area contributed by atoms with E-state index in [2.05, 4.69) is 32.5 Å². The molecule has 6 nitrogen and oxygen atoms in total. The van der Waals surface area contributed by atoms with E-state index in [4.69, 9.17) is 17.0 Å². The van der Waals surface area contributed by atoms with Crippen molar-refractivity contribution in [1.29, 1.82) is 0 Å². The minimum absolute atomic E-state index is 0.0215. The highest BCUT2D eigenvalue weighted by atomic mass is 127. The van der Waals surface area contributed by atoms with Gasteiger partial charge in [0.25, 0.3) is 11.8 Å². The van der Waals surface area contributed by atoms with Crippen molar-refractivity contribution >= 4 is 63.5 Å². The van der Waals surface area contributed by atoms with Crippen LogP contribution >= 0.6 is 34.8 Å². The molecular formula is C25H22IN3O3S. The van der Waals surface area contributed by atoms with E-state index in [1.807, 2.05) is 51.1 Å². The molecule has 1 fully saturated rings. The number of anilines is 1. The molecule has 8 heteroatoms. The summed E-state index contributed by atoms with van der Waals surface area (Å²) in [4.78, 5) is 27.4. The zero-order chi connectivity index (χ0) is 23.7. The van der Waals surface area contributed by atoms with Gasteiger partial charge < -0.3 is 9.30 Å². The molecule has 1 N–H and O–H groups in total. The lowest BCUT2D eigenvalue weighted by molar-refractivity contribution is -0.122. The molecule has 168 valence electrons. The van der Waals surface area contributed by atoms with Crippen molar-refractivity contribution < 1.29 is 14.3 Å². The summed E-state index contributed by atoms with van der Waals surface area (Å²) in [7, 11) is 0. The number of halogens is 1. The van der Waals surface area contributed by atoms with Crippen LogP contribution in [0.3, 0.4) is 0 Å². The first kappa shape index (κ1) is 23.2. The van der Waals surface area contributed by atoms with Crippen LogP contribution in [0.4, 0.5) is 5.69 Å². The molecule has 1 saturated heterocycles. The second-order valence-corrected chi connectivity index (χ2v) is 9.16. The summed E-state index contributed by atoms with van der Waals surface area (Å²) < 4.78 is 8.79. The number of aromatic nitrogens is 1. The Morgan fingerprint density at radius 1 is 1.06 bits per heavy atom. The SMILES string of the molecule is CCOc1cccc(N2C(=O)/C(=C\c3cc(C)n(-c4ccc(I)cc4)c3C)C(=O)NC2=S)c1.